The molecule has 1 aromatic carbocycles. The van der Waals surface area contributed by atoms with E-state index in [0.717, 1.165) is 60.6 Å². The SMILES string of the molecule is NC(=O)C[NH+]1CC[C@@]2(O)CCCC[C@H]2[C@@H]1c1ccc2c(c1)OCO2. The topological polar surface area (TPSA) is 86.2 Å². The van der Waals surface area contributed by atoms with Gasteiger partial charge in [-0.2, -0.15) is 0 Å². The van der Waals surface area contributed by atoms with Gasteiger partial charge in [0, 0.05) is 17.9 Å². The number of amides is 1. The summed E-state index contributed by atoms with van der Waals surface area (Å²) in [5.74, 6) is 1.35. The minimum Gasteiger partial charge on any atom is -0.454 e. The lowest BCUT2D eigenvalue weighted by atomic mass is 9.66. The van der Waals surface area contributed by atoms with Crippen LogP contribution in [0.4, 0.5) is 0 Å². The number of carbonyl (C=O) groups excluding carboxylic acids is 1. The Morgan fingerprint density at radius 1 is 1.29 bits per heavy atom. The first-order valence-corrected chi connectivity index (χ1v) is 8.82. The Labute approximate surface area is 141 Å². The molecule has 1 amide bonds. The van der Waals surface area contributed by atoms with Gasteiger partial charge in [-0.3, -0.25) is 4.79 Å². The van der Waals surface area contributed by atoms with Gasteiger partial charge in [0.05, 0.1) is 12.1 Å². The fourth-order valence-corrected chi connectivity index (χ4v) is 4.85. The van der Waals surface area contributed by atoms with Crippen molar-refractivity contribution >= 4 is 5.91 Å². The number of aliphatic hydroxyl groups is 1. The maximum atomic E-state index is 11.6. The Balaban J connectivity index is 1.72. The quantitative estimate of drug-likeness (QED) is 0.735. The Bertz CT molecular complexity index is 650. The van der Waals surface area contributed by atoms with Crippen LogP contribution in [0.1, 0.15) is 43.7 Å². The lowest BCUT2D eigenvalue weighted by Crippen LogP contribution is -3.16. The normalized spacial score (nSPS) is 34.6. The van der Waals surface area contributed by atoms with E-state index in [9.17, 15) is 9.90 Å². The fraction of sp³-hybridized carbons (Fsp3) is 0.611. The van der Waals surface area contributed by atoms with Crippen LogP contribution in [0.25, 0.3) is 0 Å². The molecule has 6 nitrogen and oxygen atoms in total. The molecular weight excluding hydrogens is 308 g/mol. The predicted octanol–water partition coefficient (Wildman–Crippen LogP) is 0.152. The highest BCUT2D eigenvalue weighted by Crippen LogP contribution is 2.45. The molecule has 6 heteroatoms. The number of hydrogen-bond acceptors (Lipinski definition) is 4. The lowest BCUT2D eigenvalue weighted by molar-refractivity contribution is -0.937. The van der Waals surface area contributed by atoms with Crippen molar-refractivity contribution in [2.45, 2.75) is 43.7 Å². The molecule has 2 fully saturated rings. The van der Waals surface area contributed by atoms with E-state index in [1.165, 1.54) is 0 Å². The molecule has 4 atom stereocenters. The van der Waals surface area contributed by atoms with Gasteiger partial charge >= 0.3 is 0 Å². The largest absolute Gasteiger partial charge is 0.454 e. The van der Waals surface area contributed by atoms with Crippen molar-refractivity contribution < 1.29 is 24.3 Å². The second-order valence-electron chi connectivity index (χ2n) is 7.35. The lowest BCUT2D eigenvalue weighted by Gasteiger charge is -2.50. The number of hydrogen-bond donors (Lipinski definition) is 3. The smallest absolute Gasteiger partial charge is 0.272 e. The monoisotopic (exact) mass is 333 g/mol. The van der Waals surface area contributed by atoms with Crippen LogP contribution in [0.2, 0.25) is 0 Å². The van der Waals surface area contributed by atoms with Gasteiger partial charge in [-0.25, -0.2) is 0 Å². The highest BCUT2D eigenvalue weighted by Gasteiger charge is 2.52. The number of fused-ring (bicyclic) bond motifs is 2. The molecule has 1 aromatic rings. The van der Waals surface area contributed by atoms with Crippen LogP contribution in [-0.2, 0) is 4.79 Å². The summed E-state index contributed by atoms with van der Waals surface area (Å²) < 4.78 is 10.9. The molecule has 1 saturated heterocycles. The zero-order chi connectivity index (χ0) is 16.7. The number of primary amides is 1. The second kappa shape index (κ2) is 5.93. The van der Waals surface area contributed by atoms with Gasteiger partial charge in [0.15, 0.2) is 18.0 Å². The molecule has 24 heavy (non-hydrogen) atoms. The third-order valence-electron chi connectivity index (χ3n) is 5.94. The molecule has 1 saturated carbocycles. The van der Waals surface area contributed by atoms with E-state index >= 15 is 0 Å². The van der Waals surface area contributed by atoms with E-state index in [4.69, 9.17) is 15.2 Å². The van der Waals surface area contributed by atoms with Crippen molar-refractivity contribution in [1.82, 2.24) is 0 Å². The van der Waals surface area contributed by atoms with Crippen molar-refractivity contribution in [3.05, 3.63) is 23.8 Å². The molecule has 2 heterocycles. The number of piperidine rings is 1. The summed E-state index contributed by atoms with van der Waals surface area (Å²) in [5, 5.41) is 11.2. The van der Waals surface area contributed by atoms with E-state index in [-0.39, 0.29) is 24.7 Å². The van der Waals surface area contributed by atoms with E-state index in [1.54, 1.807) is 0 Å². The summed E-state index contributed by atoms with van der Waals surface area (Å²) in [4.78, 5) is 12.7. The maximum Gasteiger partial charge on any atom is 0.272 e. The number of benzene rings is 1. The van der Waals surface area contributed by atoms with Crippen LogP contribution in [0.15, 0.2) is 18.2 Å². The molecule has 130 valence electrons. The molecule has 1 aliphatic carbocycles. The second-order valence-corrected chi connectivity index (χ2v) is 7.35. The number of quaternary nitrogens is 1. The van der Waals surface area contributed by atoms with Crippen LogP contribution in [0, 0.1) is 5.92 Å². The first-order chi connectivity index (χ1) is 11.6. The van der Waals surface area contributed by atoms with Crippen molar-refractivity contribution in [3.63, 3.8) is 0 Å². The maximum absolute atomic E-state index is 11.6. The number of ether oxygens (including phenoxy) is 2. The van der Waals surface area contributed by atoms with Gasteiger partial charge in [-0.1, -0.05) is 12.8 Å². The van der Waals surface area contributed by atoms with Crippen molar-refractivity contribution in [2.75, 3.05) is 19.9 Å². The summed E-state index contributed by atoms with van der Waals surface area (Å²) in [7, 11) is 0. The van der Waals surface area contributed by atoms with Gasteiger partial charge in [0.2, 0.25) is 6.79 Å². The Morgan fingerprint density at radius 2 is 2.12 bits per heavy atom. The van der Waals surface area contributed by atoms with Gasteiger partial charge in [-0.05, 0) is 31.0 Å². The molecule has 0 bridgehead atoms. The molecule has 3 aliphatic rings. The molecule has 4 rings (SSSR count). The molecule has 0 spiro atoms. The molecule has 0 radical (unpaired) electrons. The average molecular weight is 333 g/mol. The summed E-state index contributed by atoms with van der Waals surface area (Å²) in [6, 6.07) is 6.04. The first-order valence-electron chi connectivity index (χ1n) is 8.82. The third kappa shape index (κ3) is 2.63. The van der Waals surface area contributed by atoms with Gasteiger partial charge < -0.3 is 25.2 Å². The predicted molar refractivity (Wildman–Crippen MR) is 86.7 cm³/mol. The highest BCUT2D eigenvalue weighted by atomic mass is 16.7. The van der Waals surface area contributed by atoms with Gasteiger partial charge in [0.1, 0.15) is 6.04 Å². The molecule has 0 aromatic heterocycles. The summed E-state index contributed by atoms with van der Waals surface area (Å²) in [6.07, 6.45) is 4.77. The molecule has 1 unspecified atom stereocenters. The number of carbonyl (C=O) groups is 1. The summed E-state index contributed by atoms with van der Waals surface area (Å²) in [6.45, 7) is 1.30. The highest BCUT2D eigenvalue weighted by molar-refractivity contribution is 5.74. The molecule has 4 N–H and O–H groups in total. The van der Waals surface area contributed by atoms with Crippen LogP contribution in [0.3, 0.4) is 0 Å². The van der Waals surface area contributed by atoms with Gasteiger partial charge in [0.25, 0.3) is 5.91 Å². The average Bonchev–Trinajstić information content (AvgIpc) is 3.02. The summed E-state index contributed by atoms with van der Waals surface area (Å²) >= 11 is 0. The number of nitrogens with two attached hydrogens (primary N) is 1. The first kappa shape index (κ1) is 15.7. The van der Waals surface area contributed by atoms with Gasteiger partial charge in [-0.15, -0.1) is 0 Å². The fourth-order valence-electron chi connectivity index (χ4n) is 4.85. The minimum atomic E-state index is -0.625. The van der Waals surface area contributed by atoms with Crippen molar-refractivity contribution in [3.8, 4) is 11.5 Å². The van der Waals surface area contributed by atoms with Crippen molar-refractivity contribution in [1.29, 1.82) is 0 Å². The van der Waals surface area contributed by atoms with Crippen LogP contribution in [-0.4, -0.2) is 36.5 Å². The van der Waals surface area contributed by atoms with E-state index in [1.807, 2.05) is 18.2 Å². The third-order valence-corrected chi connectivity index (χ3v) is 5.94. The Kier molecular flexibility index (Phi) is 3.89. The van der Waals surface area contributed by atoms with Crippen LogP contribution >= 0.6 is 0 Å². The van der Waals surface area contributed by atoms with E-state index < -0.39 is 5.60 Å². The summed E-state index contributed by atoms with van der Waals surface area (Å²) in [5.41, 5.74) is 5.96. The minimum absolute atomic E-state index is 0.0612. The number of rotatable bonds is 3. The Morgan fingerprint density at radius 3 is 2.96 bits per heavy atom. The standard InChI is InChI=1S/C18H24N2O4/c19-16(21)10-20-8-7-18(22)6-2-1-3-13(18)17(20)12-4-5-14-15(9-12)24-11-23-14/h4-5,9,13,17,22H,1-3,6-8,10-11H2,(H2,19,21)/p+1/t13-,17-,18-/m0/s1. The van der Waals surface area contributed by atoms with Crippen LogP contribution in [0.5, 0.6) is 11.5 Å². The zero-order valence-electron chi connectivity index (χ0n) is 13.8. The van der Waals surface area contributed by atoms with E-state index in [0.29, 0.717) is 6.54 Å². The number of likely N-dealkylation sites (tertiary alicyclic amines) is 1. The Hall–Kier alpha value is -1.79. The van der Waals surface area contributed by atoms with Crippen LogP contribution < -0.4 is 20.1 Å². The van der Waals surface area contributed by atoms with Crippen molar-refractivity contribution in [2.24, 2.45) is 11.7 Å². The van der Waals surface area contributed by atoms with E-state index in [2.05, 4.69) is 0 Å². The molecule has 2 aliphatic heterocycles. The zero-order valence-corrected chi connectivity index (χ0v) is 13.8. The molecular formula is C18H25N2O4+. The number of nitrogens with one attached hydrogen (secondary N) is 1.